The van der Waals surface area contributed by atoms with Gasteiger partial charge in [-0.1, -0.05) is 84.9 Å². The van der Waals surface area contributed by atoms with Gasteiger partial charge in [-0.25, -0.2) is 4.85 Å². The first-order valence-electron chi connectivity index (χ1n) is 16.1. The summed E-state index contributed by atoms with van der Waals surface area (Å²) in [6.45, 7) is 7.92. The van der Waals surface area contributed by atoms with Crippen LogP contribution in [-0.2, 0) is 0 Å². The first-order valence-corrected chi connectivity index (χ1v) is 16.1. The van der Waals surface area contributed by atoms with Gasteiger partial charge in [-0.2, -0.15) is 5.26 Å². The highest BCUT2D eigenvalue weighted by atomic mass is 16.3. The van der Waals surface area contributed by atoms with Crippen LogP contribution in [0.3, 0.4) is 0 Å². The molecule has 3 heterocycles. The third kappa shape index (κ3) is 3.79. The number of aromatic nitrogens is 2. The summed E-state index contributed by atoms with van der Waals surface area (Å²) in [4.78, 5) is 3.83. The molecule has 0 N–H and O–H groups in total. The van der Waals surface area contributed by atoms with Crippen molar-refractivity contribution in [1.29, 1.82) is 5.26 Å². The lowest BCUT2D eigenvalue weighted by Crippen LogP contribution is -1.97. The largest absolute Gasteiger partial charge is 0.453 e. The lowest BCUT2D eigenvalue weighted by molar-refractivity contribution is 0.672. The van der Waals surface area contributed by atoms with Crippen molar-refractivity contribution in [3.8, 4) is 28.6 Å². The van der Waals surface area contributed by atoms with Crippen LogP contribution in [0.2, 0.25) is 0 Å². The van der Waals surface area contributed by atoms with Crippen molar-refractivity contribution in [2.45, 2.75) is 0 Å². The van der Waals surface area contributed by atoms with Gasteiger partial charge in [-0.15, -0.1) is 0 Å². The number of nitrogens with zero attached hydrogens (tertiary/aromatic N) is 4. The van der Waals surface area contributed by atoms with Gasteiger partial charge in [-0.3, -0.25) is 0 Å². The molecule has 0 amide bonds. The zero-order valence-corrected chi connectivity index (χ0v) is 26.1. The Morgan fingerprint density at radius 2 is 1.20 bits per heavy atom. The SMILES string of the molecule is [C-]#[N+]c1ccc(-n2c3ccccc3c3cc(C#N)ccc32)c(-c2cccc3c2oc2c3ccc3c4ccccc4n(-c4ccccc4)c32)c1. The van der Waals surface area contributed by atoms with Crippen LogP contribution in [0.25, 0.3) is 92.9 Å². The van der Waals surface area contributed by atoms with E-state index in [1.165, 1.54) is 5.39 Å². The molecule has 10 aromatic rings. The Bertz CT molecular complexity index is 3070. The fourth-order valence-corrected chi connectivity index (χ4v) is 7.67. The van der Waals surface area contributed by atoms with E-state index < -0.39 is 0 Å². The lowest BCUT2D eigenvalue weighted by atomic mass is 9.99. The second-order valence-corrected chi connectivity index (χ2v) is 12.3. The summed E-state index contributed by atoms with van der Waals surface area (Å²) in [7, 11) is 0. The predicted octanol–water partition coefficient (Wildman–Crippen LogP) is 11.9. The molecule has 0 bridgehead atoms. The third-order valence-electron chi connectivity index (χ3n) is 9.76. The minimum Gasteiger partial charge on any atom is -0.453 e. The molecular weight excluding hydrogens is 601 g/mol. The van der Waals surface area contributed by atoms with Gasteiger partial charge >= 0.3 is 0 Å². The standard InChI is InChI=1S/C44H24N4O/c1-46-28-19-23-41(48-39-17-8-6-13-31(39)36-24-27(26-45)18-22-40(36)48)37(25-28)34-15-9-14-33-35-21-20-32-30-12-5-7-16-38(30)47(29-10-3-2-4-11-29)42(32)44(35)49-43(33)34/h2-25H. The second kappa shape index (κ2) is 10.2. The lowest BCUT2D eigenvalue weighted by Gasteiger charge is -2.15. The van der Waals surface area contributed by atoms with Gasteiger partial charge in [0.15, 0.2) is 11.3 Å². The van der Waals surface area contributed by atoms with Crippen LogP contribution in [0.5, 0.6) is 0 Å². The summed E-state index contributed by atoms with van der Waals surface area (Å²) >= 11 is 0. The van der Waals surface area contributed by atoms with Gasteiger partial charge < -0.3 is 13.6 Å². The molecule has 226 valence electrons. The fraction of sp³-hybridized carbons (Fsp3) is 0. The molecule has 0 radical (unpaired) electrons. The average molecular weight is 625 g/mol. The number of nitriles is 1. The minimum absolute atomic E-state index is 0.547. The monoisotopic (exact) mass is 624 g/mol. The van der Waals surface area contributed by atoms with Gasteiger partial charge in [0.2, 0.25) is 0 Å². The molecule has 0 fully saturated rings. The number of fused-ring (bicyclic) bond motifs is 10. The zero-order valence-electron chi connectivity index (χ0n) is 26.1. The summed E-state index contributed by atoms with van der Waals surface area (Å²) in [6, 6.07) is 51.8. The number of rotatable bonds is 3. The molecule has 49 heavy (non-hydrogen) atoms. The van der Waals surface area contributed by atoms with Crippen LogP contribution >= 0.6 is 0 Å². The first-order chi connectivity index (χ1) is 24.2. The van der Waals surface area contributed by atoms with Gasteiger partial charge in [0.25, 0.3) is 0 Å². The van der Waals surface area contributed by atoms with Crippen molar-refractivity contribution in [1.82, 2.24) is 9.13 Å². The van der Waals surface area contributed by atoms with E-state index in [2.05, 4.69) is 111 Å². The molecule has 7 aromatic carbocycles. The number of furan rings is 1. The molecule has 5 nitrogen and oxygen atoms in total. The topological polar surface area (TPSA) is 51.1 Å². The van der Waals surface area contributed by atoms with Crippen molar-refractivity contribution < 1.29 is 4.42 Å². The molecular formula is C44H24N4O. The first kappa shape index (κ1) is 27.1. The number of para-hydroxylation sites is 4. The Morgan fingerprint density at radius 1 is 0.531 bits per heavy atom. The Balaban J connectivity index is 1.32. The van der Waals surface area contributed by atoms with Crippen LogP contribution in [0, 0.1) is 17.9 Å². The summed E-state index contributed by atoms with van der Waals surface area (Å²) in [5.41, 5.74) is 10.7. The van der Waals surface area contributed by atoms with Crippen LogP contribution in [0.15, 0.2) is 150 Å². The molecule has 3 aromatic heterocycles. The maximum absolute atomic E-state index is 9.70. The molecule has 10 rings (SSSR count). The Hall–Kier alpha value is -7.08. The summed E-state index contributed by atoms with van der Waals surface area (Å²) < 4.78 is 11.6. The van der Waals surface area contributed by atoms with E-state index in [0.717, 1.165) is 82.7 Å². The van der Waals surface area contributed by atoms with Crippen molar-refractivity contribution in [3.05, 3.63) is 163 Å². The van der Waals surface area contributed by atoms with E-state index in [1.54, 1.807) is 0 Å². The maximum Gasteiger partial charge on any atom is 0.188 e. The van der Waals surface area contributed by atoms with Crippen LogP contribution in [-0.4, -0.2) is 9.13 Å². The van der Waals surface area contributed by atoms with Crippen LogP contribution < -0.4 is 0 Å². The van der Waals surface area contributed by atoms with Crippen molar-refractivity contribution in [3.63, 3.8) is 0 Å². The number of benzene rings is 7. The van der Waals surface area contributed by atoms with Crippen LogP contribution in [0.1, 0.15) is 5.56 Å². The summed E-state index contributed by atoms with van der Waals surface area (Å²) in [5.74, 6) is 0. The Morgan fingerprint density at radius 3 is 2.00 bits per heavy atom. The quantitative estimate of drug-likeness (QED) is 0.184. The highest BCUT2D eigenvalue weighted by Crippen LogP contribution is 2.45. The Labute approximate surface area is 280 Å². The Kier molecular flexibility index (Phi) is 5.64. The molecule has 0 spiro atoms. The molecule has 0 saturated heterocycles. The van der Waals surface area contributed by atoms with Crippen LogP contribution in [0.4, 0.5) is 5.69 Å². The average Bonchev–Trinajstić information content (AvgIpc) is 3.82. The van der Waals surface area contributed by atoms with E-state index in [4.69, 9.17) is 11.0 Å². The molecule has 0 aliphatic rings. The van der Waals surface area contributed by atoms with Crippen molar-refractivity contribution in [2.24, 2.45) is 0 Å². The van der Waals surface area contributed by atoms with E-state index in [0.29, 0.717) is 11.3 Å². The minimum atomic E-state index is 0.547. The van der Waals surface area contributed by atoms with Gasteiger partial charge in [0.05, 0.1) is 46.0 Å². The van der Waals surface area contributed by atoms with Crippen molar-refractivity contribution >= 4 is 71.2 Å². The third-order valence-corrected chi connectivity index (χ3v) is 9.76. The van der Waals surface area contributed by atoms with Crippen molar-refractivity contribution in [2.75, 3.05) is 0 Å². The fourth-order valence-electron chi connectivity index (χ4n) is 7.67. The normalized spacial score (nSPS) is 11.6. The van der Waals surface area contributed by atoms with Gasteiger partial charge in [-0.05, 0) is 66.2 Å². The molecule has 5 heteroatoms. The molecule has 0 aliphatic heterocycles. The molecule has 0 aliphatic carbocycles. The summed E-state index contributed by atoms with van der Waals surface area (Å²) in [6.07, 6.45) is 0. The van der Waals surface area contributed by atoms with Gasteiger partial charge in [0, 0.05) is 43.6 Å². The van der Waals surface area contributed by atoms with E-state index >= 15 is 0 Å². The summed E-state index contributed by atoms with van der Waals surface area (Å²) in [5, 5.41) is 16.1. The predicted molar refractivity (Wildman–Crippen MR) is 199 cm³/mol. The molecule has 0 unspecified atom stereocenters. The highest BCUT2D eigenvalue weighted by molar-refractivity contribution is 6.22. The maximum atomic E-state index is 9.70. The van der Waals surface area contributed by atoms with E-state index in [1.807, 2.05) is 54.6 Å². The molecule has 0 atom stereocenters. The zero-order chi connectivity index (χ0) is 32.6. The number of hydrogen-bond donors (Lipinski definition) is 0. The van der Waals surface area contributed by atoms with Gasteiger partial charge in [0.1, 0.15) is 5.58 Å². The smallest absolute Gasteiger partial charge is 0.188 e. The second-order valence-electron chi connectivity index (χ2n) is 12.3. The highest BCUT2D eigenvalue weighted by Gasteiger charge is 2.22. The van der Waals surface area contributed by atoms with E-state index in [9.17, 15) is 5.26 Å². The molecule has 0 saturated carbocycles. The number of hydrogen-bond acceptors (Lipinski definition) is 2. The van der Waals surface area contributed by atoms with E-state index in [-0.39, 0.29) is 0 Å².